The molecule has 3 fully saturated rings. The van der Waals surface area contributed by atoms with E-state index in [9.17, 15) is 9.59 Å². The monoisotopic (exact) mass is 732 g/mol. The van der Waals surface area contributed by atoms with Gasteiger partial charge in [-0.1, -0.05) is 19.3 Å². The van der Waals surface area contributed by atoms with Crippen molar-refractivity contribution in [3.05, 3.63) is 57.5 Å². The van der Waals surface area contributed by atoms with Gasteiger partial charge in [-0.25, -0.2) is 4.99 Å². The van der Waals surface area contributed by atoms with E-state index >= 15 is 0 Å². The fraction of sp³-hybridized carbons (Fsp3) is 0.541. The lowest BCUT2D eigenvalue weighted by molar-refractivity contribution is -0.134. The topological polar surface area (TPSA) is 183 Å². The molecule has 2 saturated heterocycles. The van der Waals surface area contributed by atoms with Gasteiger partial charge in [0, 0.05) is 46.1 Å². The van der Waals surface area contributed by atoms with Crippen molar-refractivity contribution in [3.63, 3.8) is 0 Å². The van der Waals surface area contributed by atoms with E-state index in [0.29, 0.717) is 24.9 Å². The first-order chi connectivity index (χ1) is 24.7. The molecular formula is C37H52N10O2S2. The Kier molecular flexibility index (Phi) is 12.6. The summed E-state index contributed by atoms with van der Waals surface area (Å²) in [7, 11) is 0. The molecule has 2 aliphatic heterocycles. The van der Waals surface area contributed by atoms with Gasteiger partial charge in [0.15, 0.2) is 5.96 Å². The zero-order chi connectivity index (χ0) is 35.7. The molecule has 1 saturated carbocycles. The maximum atomic E-state index is 12.8. The number of carbonyl (C=O) groups is 2. The number of aromatic nitrogens is 4. The summed E-state index contributed by atoms with van der Waals surface area (Å²) in [6, 6.07) is 12.2. The molecule has 8 N–H and O–H groups in total. The number of hydrogen-bond donors (Lipinski definition) is 6. The first kappa shape index (κ1) is 36.8. The third kappa shape index (κ3) is 9.86. The van der Waals surface area contributed by atoms with Crippen LogP contribution in [-0.2, 0) is 9.59 Å². The molecule has 6 heterocycles. The zero-order valence-electron chi connectivity index (χ0n) is 29.7. The number of aromatic amines is 2. The van der Waals surface area contributed by atoms with Crippen LogP contribution in [0.4, 0.5) is 0 Å². The van der Waals surface area contributed by atoms with Crippen LogP contribution < -0.4 is 22.1 Å². The van der Waals surface area contributed by atoms with Crippen molar-refractivity contribution in [3.8, 4) is 21.1 Å². The first-order valence-electron chi connectivity index (χ1n) is 18.3. The molecular weight excluding hydrogens is 681 g/mol. The van der Waals surface area contributed by atoms with Gasteiger partial charge in [-0.05, 0) is 108 Å². The van der Waals surface area contributed by atoms with Crippen molar-refractivity contribution in [2.45, 2.75) is 89.5 Å². The van der Waals surface area contributed by atoms with Crippen LogP contribution in [0.3, 0.4) is 0 Å². The predicted molar refractivity (Wildman–Crippen MR) is 206 cm³/mol. The van der Waals surface area contributed by atoms with Crippen LogP contribution in [-0.4, -0.2) is 81.8 Å². The van der Waals surface area contributed by atoms with E-state index in [-0.39, 0.29) is 30.2 Å². The number of aryl methyl sites for hydroxylation is 2. The molecule has 0 bridgehead atoms. The Morgan fingerprint density at radius 1 is 0.843 bits per heavy atom. The van der Waals surface area contributed by atoms with Gasteiger partial charge in [0.05, 0.1) is 16.3 Å². The largest absolute Gasteiger partial charge is 0.370 e. The van der Waals surface area contributed by atoms with Crippen LogP contribution in [0.1, 0.15) is 90.8 Å². The van der Waals surface area contributed by atoms with E-state index in [4.69, 9.17) is 11.5 Å². The normalized spacial score (nSPS) is 18.1. The maximum Gasteiger partial charge on any atom is 0.245 e. The number of H-pyrrole nitrogens is 2. The van der Waals surface area contributed by atoms with Crippen LogP contribution in [0, 0.1) is 19.8 Å². The van der Waals surface area contributed by atoms with Gasteiger partial charge in [0.2, 0.25) is 11.8 Å². The van der Waals surface area contributed by atoms with Gasteiger partial charge in [-0.2, -0.15) is 10.2 Å². The Labute approximate surface area is 308 Å². The SMILES string of the molecule is Cc1ccc(-c2cc(C3CCN(C(=O)CNC(=O)[C@H](N=C(N)N)C4CCCCC4)CC3)[nH]n2)s1.Cc1ccc(-c2cc(C3CCNCC3)[nH]n2)s1. The number of thiophene rings is 2. The van der Waals surface area contributed by atoms with E-state index in [1.807, 2.05) is 4.90 Å². The Bertz CT molecular complexity index is 1750. The summed E-state index contributed by atoms with van der Waals surface area (Å²) in [6.07, 6.45) is 9.34. The average Bonchev–Trinajstić information content (AvgIpc) is 3.99. The molecule has 4 aromatic rings. The number of piperidine rings is 2. The predicted octanol–water partition coefficient (Wildman–Crippen LogP) is 5.40. The summed E-state index contributed by atoms with van der Waals surface area (Å²) in [5.74, 6) is 0.696. The second-order valence-corrected chi connectivity index (χ2v) is 16.6. The number of nitrogens with two attached hydrogens (primary N) is 2. The highest BCUT2D eigenvalue weighted by Gasteiger charge is 2.31. The molecule has 0 radical (unpaired) electrons. The maximum absolute atomic E-state index is 12.8. The van der Waals surface area contributed by atoms with Crippen LogP contribution in [0.25, 0.3) is 21.1 Å². The smallest absolute Gasteiger partial charge is 0.245 e. The van der Waals surface area contributed by atoms with E-state index in [0.717, 1.165) is 73.6 Å². The number of rotatable bonds is 9. The van der Waals surface area contributed by atoms with Gasteiger partial charge in [0.1, 0.15) is 17.4 Å². The molecule has 7 rings (SSSR count). The number of nitrogens with zero attached hydrogens (tertiary/aromatic N) is 4. The number of aliphatic imine (C=N–C) groups is 1. The highest BCUT2D eigenvalue weighted by Crippen LogP contribution is 2.33. The molecule has 14 heteroatoms. The van der Waals surface area contributed by atoms with Crippen LogP contribution in [0.15, 0.2) is 41.4 Å². The van der Waals surface area contributed by atoms with Crippen molar-refractivity contribution < 1.29 is 9.59 Å². The van der Waals surface area contributed by atoms with E-state index < -0.39 is 6.04 Å². The molecule has 1 atom stereocenters. The fourth-order valence-corrected chi connectivity index (χ4v) is 9.09. The zero-order valence-corrected chi connectivity index (χ0v) is 31.4. The Morgan fingerprint density at radius 3 is 1.90 bits per heavy atom. The summed E-state index contributed by atoms with van der Waals surface area (Å²) in [4.78, 5) is 36.6. The molecule has 51 heavy (non-hydrogen) atoms. The highest BCUT2D eigenvalue weighted by molar-refractivity contribution is 7.15. The van der Waals surface area contributed by atoms with Gasteiger partial charge >= 0.3 is 0 Å². The van der Waals surface area contributed by atoms with Crippen molar-refractivity contribution >= 4 is 40.4 Å². The minimum Gasteiger partial charge on any atom is -0.370 e. The lowest BCUT2D eigenvalue weighted by atomic mass is 9.83. The van der Waals surface area contributed by atoms with E-state index in [1.165, 1.54) is 39.6 Å². The molecule has 3 aliphatic rings. The third-order valence-electron chi connectivity index (χ3n) is 10.3. The minimum absolute atomic E-state index is 0.0291. The van der Waals surface area contributed by atoms with Crippen molar-refractivity contribution in [2.75, 3.05) is 32.7 Å². The van der Waals surface area contributed by atoms with Gasteiger partial charge in [-0.15, -0.1) is 22.7 Å². The molecule has 0 spiro atoms. The van der Waals surface area contributed by atoms with E-state index in [2.05, 4.69) is 86.3 Å². The summed E-state index contributed by atoms with van der Waals surface area (Å²) in [5, 5.41) is 21.5. The fourth-order valence-electron chi connectivity index (χ4n) is 7.43. The number of amides is 2. The van der Waals surface area contributed by atoms with Gasteiger partial charge < -0.3 is 27.0 Å². The molecule has 2 amide bonds. The van der Waals surface area contributed by atoms with Crippen molar-refractivity contribution in [2.24, 2.45) is 22.4 Å². The van der Waals surface area contributed by atoms with Crippen LogP contribution in [0.2, 0.25) is 0 Å². The Hall–Kier alpha value is -4.01. The van der Waals surface area contributed by atoms with Crippen molar-refractivity contribution in [1.29, 1.82) is 0 Å². The Balaban J connectivity index is 0.000000219. The number of guanidine groups is 1. The lowest BCUT2D eigenvalue weighted by Gasteiger charge is -2.32. The lowest BCUT2D eigenvalue weighted by Crippen LogP contribution is -2.47. The number of likely N-dealkylation sites (tertiary alicyclic amines) is 1. The van der Waals surface area contributed by atoms with Crippen LogP contribution >= 0.6 is 22.7 Å². The van der Waals surface area contributed by atoms with Crippen LogP contribution in [0.5, 0.6) is 0 Å². The number of nitrogens with one attached hydrogen (secondary N) is 4. The van der Waals surface area contributed by atoms with Gasteiger partial charge in [0.25, 0.3) is 0 Å². The molecule has 0 aromatic carbocycles. The molecule has 0 unspecified atom stereocenters. The summed E-state index contributed by atoms with van der Waals surface area (Å²) >= 11 is 3.54. The summed E-state index contributed by atoms with van der Waals surface area (Å²) in [5.41, 5.74) is 15.6. The molecule has 274 valence electrons. The number of carbonyl (C=O) groups excluding carboxylic acids is 2. The van der Waals surface area contributed by atoms with E-state index in [1.54, 1.807) is 22.7 Å². The van der Waals surface area contributed by atoms with Gasteiger partial charge in [-0.3, -0.25) is 19.8 Å². The second-order valence-electron chi connectivity index (χ2n) is 14.0. The molecule has 1 aliphatic carbocycles. The minimum atomic E-state index is -0.620. The molecule has 12 nitrogen and oxygen atoms in total. The first-order valence-corrected chi connectivity index (χ1v) is 20.0. The second kappa shape index (κ2) is 17.5. The summed E-state index contributed by atoms with van der Waals surface area (Å²) < 4.78 is 0. The third-order valence-corrected chi connectivity index (χ3v) is 12.4. The van der Waals surface area contributed by atoms with Crippen molar-refractivity contribution in [1.82, 2.24) is 35.9 Å². The number of hydrogen-bond acceptors (Lipinski definition) is 8. The standard InChI is InChI=1S/C24H35N7O2S.C13H17N3S/c1-15-7-8-20(34-15)19-13-18(29-30-19)16-9-11-31(12-10-16)21(32)14-27-23(33)22(28-24(25)26)17-5-3-2-4-6-17;1-9-2-3-13(17-9)12-8-11(15-16-12)10-4-6-14-7-5-10/h7-8,13,16-17,22H,2-6,9-12,14H2,1H3,(H,27,33)(H,29,30)(H4,25,26,28);2-3,8,10,14H,4-7H2,1H3,(H,15,16)/t22-;/m1./s1. The highest BCUT2D eigenvalue weighted by atomic mass is 32.1. The Morgan fingerprint density at radius 2 is 1.39 bits per heavy atom. The average molecular weight is 733 g/mol. The quantitative estimate of drug-likeness (QED) is 0.0983. The summed E-state index contributed by atoms with van der Waals surface area (Å²) in [6.45, 7) is 7.76. The molecule has 4 aromatic heterocycles.